The Kier molecular flexibility index (Phi) is 3.67. The van der Waals surface area contributed by atoms with E-state index in [9.17, 15) is 0 Å². The highest BCUT2D eigenvalue weighted by atomic mass is 16.5. The van der Waals surface area contributed by atoms with E-state index in [1.54, 1.807) is 6.20 Å². The van der Waals surface area contributed by atoms with Crippen LogP contribution in [-0.4, -0.2) is 32.6 Å². The third-order valence-electron chi connectivity index (χ3n) is 4.11. The second-order valence-electron chi connectivity index (χ2n) is 5.93. The first-order valence-corrected chi connectivity index (χ1v) is 7.80. The van der Waals surface area contributed by atoms with Crippen LogP contribution in [0.5, 0.6) is 0 Å². The molecule has 0 radical (unpaired) electrons. The molecule has 0 aliphatic carbocycles. The highest BCUT2D eigenvalue weighted by Gasteiger charge is 2.28. The zero-order valence-corrected chi connectivity index (χ0v) is 12.9. The van der Waals surface area contributed by atoms with Crippen molar-refractivity contribution in [1.82, 2.24) is 19.9 Å². The Morgan fingerprint density at radius 1 is 1.26 bits per heavy atom. The van der Waals surface area contributed by atoms with E-state index >= 15 is 0 Å². The smallest absolute Gasteiger partial charge is 0.232 e. The lowest BCUT2D eigenvalue weighted by Crippen LogP contribution is -1.99. The van der Waals surface area contributed by atoms with Gasteiger partial charge < -0.3 is 9.26 Å². The van der Waals surface area contributed by atoms with Crippen molar-refractivity contribution in [2.45, 2.75) is 31.9 Å². The molecule has 0 N–H and O–H groups in total. The maximum Gasteiger partial charge on any atom is 0.232 e. The van der Waals surface area contributed by atoms with Crippen molar-refractivity contribution in [2.75, 3.05) is 6.61 Å². The Morgan fingerprint density at radius 2 is 2.13 bits per heavy atom. The molecule has 2 atom stereocenters. The average Bonchev–Trinajstić information content (AvgIpc) is 3.29. The van der Waals surface area contributed by atoms with E-state index in [4.69, 9.17) is 9.26 Å². The molecular formula is C17H18N4O2. The molecule has 23 heavy (non-hydrogen) atoms. The molecule has 0 bridgehead atoms. The Bertz CT molecular complexity index is 764. The maximum atomic E-state index is 5.56. The minimum atomic E-state index is 0.213. The van der Waals surface area contributed by atoms with Gasteiger partial charge in [0.05, 0.1) is 25.2 Å². The summed E-state index contributed by atoms with van der Waals surface area (Å²) in [6.07, 6.45) is 4.93. The number of ether oxygens (including phenoxy) is 1. The first kappa shape index (κ1) is 14.1. The zero-order chi connectivity index (χ0) is 15.6. The van der Waals surface area contributed by atoms with Gasteiger partial charge in [-0.25, -0.2) is 0 Å². The number of rotatable bonds is 4. The van der Waals surface area contributed by atoms with E-state index in [1.807, 2.05) is 29.1 Å². The molecule has 0 spiro atoms. The molecule has 1 aliphatic rings. The minimum Gasteiger partial charge on any atom is -0.378 e. The van der Waals surface area contributed by atoms with Crippen LogP contribution in [0.15, 0.2) is 47.2 Å². The molecule has 3 heterocycles. The fourth-order valence-corrected chi connectivity index (χ4v) is 2.85. The monoisotopic (exact) mass is 310 g/mol. The topological polar surface area (TPSA) is 66.0 Å². The molecule has 1 fully saturated rings. The van der Waals surface area contributed by atoms with Crippen LogP contribution in [0, 0.1) is 0 Å². The molecule has 0 amide bonds. The van der Waals surface area contributed by atoms with E-state index in [0.717, 1.165) is 18.5 Å². The average molecular weight is 310 g/mol. The number of hydrogen-bond acceptors (Lipinski definition) is 5. The van der Waals surface area contributed by atoms with Crippen LogP contribution in [0.2, 0.25) is 0 Å². The Morgan fingerprint density at radius 3 is 2.83 bits per heavy atom. The van der Waals surface area contributed by atoms with Gasteiger partial charge in [0.25, 0.3) is 0 Å². The molecule has 2 unspecified atom stereocenters. The van der Waals surface area contributed by atoms with Crippen LogP contribution in [-0.2, 0) is 11.3 Å². The Labute approximate surface area is 134 Å². The van der Waals surface area contributed by atoms with Gasteiger partial charge in [-0.15, -0.1) is 0 Å². The number of benzene rings is 1. The number of aromatic nitrogens is 4. The summed E-state index contributed by atoms with van der Waals surface area (Å²) in [6.45, 7) is 3.48. The molecule has 2 aromatic heterocycles. The SMILES string of the molecule is CC1CC(c2nc(-c3ccc(Cn4cccn4)cc3)no2)CO1. The van der Waals surface area contributed by atoms with Crippen LogP contribution >= 0.6 is 0 Å². The van der Waals surface area contributed by atoms with Crippen molar-refractivity contribution < 1.29 is 9.26 Å². The largest absolute Gasteiger partial charge is 0.378 e. The van der Waals surface area contributed by atoms with Gasteiger partial charge in [-0.1, -0.05) is 29.4 Å². The summed E-state index contributed by atoms with van der Waals surface area (Å²) in [5, 5.41) is 8.31. The van der Waals surface area contributed by atoms with Gasteiger partial charge in [0.1, 0.15) is 0 Å². The second kappa shape index (κ2) is 5.96. The minimum absolute atomic E-state index is 0.213. The first-order valence-electron chi connectivity index (χ1n) is 7.80. The molecule has 1 saturated heterocycles. The summed E-state index contributed by atoms with van der Waals surface area (Å²) in [5.74, 6) is 1.51. The van der Waals surface area contributed by atoms with Gasteiger partial charge in [0, 0.05) is 18.0 Å². The van der Waals surface area contributed by atoms with Crippen molar-refractivity contribution >= 4 is 0 Å². The number of nitrogens with zero attached hydrogens (tertiary/aromatic N) is 4. The normalized spacial score (nSPS) is 20.9. The summed E-state index contributed by atoms with van der Waals surface area (Å²) in [5.41, 5.74) is 2.13. The number of hydrogen-bond donors (Lipinski definition) is 0. The van der Waals surface area contributed by atoms with Crippen molar-refractivity contribution in [1.29, 1.82) is 0 Å². The first-order chi connectivity index (χ1) is 11.3. The van der Waals surface area contributed by atoms with Crippen LogP contribution < -0.4 is 0 Å². The van der Waals surface area contributed by atoms with Gasteiger partial charge in [-0.2, -0.15) is 10.1 Å². The second-order valence-corrected chi connectivity index (χ2v) is 5.93. The van der Waals surface area contributed by atoms with Crippen molar-refractivity contribution in [3.05, 3.63) is 54.2 Å². The highest BCUT2D eigenvalue weighted by Crippen LogP contribution is 2.29. The van der Waals surface area contributed by atoms with Crippen LogP contribution in [0.25, 0.3) is 11.4 Å². The van der Waals surface area contributed by atoms with E-state index in [0.29, 0.717) is 18.3 Å². The lowest BCUT2D eigenvalue weighted by atomic mass is 10.1. The van der Waals surface area contributed by atoms with Crippen LogP contribution in [0.4, 0.5) is 0 Å². The summed E-state index contributed by atoms with van der Waals surface area (Å²) in [4.78, 5) is 4.53. The Balaban J connectivity index is 1.49. The molecule has 0 saturated carbocycles. The van der Waals surface area contributed by atoms with E-state index < -0.39 is 0 Å². The molecule has 1 aromatic carbocycles. The van der Waals surface area contributed by atoms with Crippen molar-refractivity contribution in [3.63, 3.8) is 0 Å². The molecule has 118 valence electrons. The molecule has 3 aromatic rings. The van der Waals surface area contributed by atoms with Crippen molar-refractivity contribution in [2.24, 2.45) is 0 Å². The third kappa shape index (κ3) is 3.03. The molecular weight excluding hydrogens is 292 g/mol. The summed E-state index contributed by atoms with van der Waals surface area (Å²) >= 11 is 0. The van der Waals surface area contributed by atoms with Gasteiger partial charge in [0.15, 0.2) is 0 Å². The predicted molar refractivity (Wildman–Crippen MR) is 83.8 cm³/mol. The van der Waals surface area contributed by atoms with Gasteiger partial charge in [0.2, 0.25) is 11.7 Å². The van der Waals surface area contributed by atoms with Gasteiger partial charge in [-0.3, -0.25) is 4.68 Å². The fraction of sp³-hybridized carbons (Fsp3) is 0.353. The van der Waals surface area contributed by atoms with E-state index in [-0.39, 0.29) is 12.0 Å². The van der Waals surface area contributed by atoms with E-state index in [1.165, 1.54) is 5.56 Å². The van der Waals surface area contributed by atoms with Gasteiger partial charge in [-0.05, 0) is 25.0 Å². The van der Waals surface area contributed by atoms with Crippen LogP contribution in [0.3, 0.4) is 0 Å². The summed E-state index contributed by atoms with van der Waals surface area (Å²) in [7, 11) is 0. The predicted octanol–water partition coefficient (Wildman–Crippen LogP) is 2.87. The molecule has 4 rings (SSSR count). The third-order valence-corrected chi connectivity index (χ3v) is 4.11. The summed E-state index contributed by atoms with van der Waals surface area (Å²) in [6, 6.07) is 10.1. The lowest BCUT2D eigenvalue weighted by molar-refractivity contribution is 0.122. The molecule has 6 nitrogen and oxygen atoms in total. The zero-order valence-electron chi connectivity index (χ0n) is 12.9. The highest BCUT2D eigenvalue weighted by molar-refractivity contribution is 5.54. The van der Waals surface area contributed by atoms with Crippen molar-refractivity contribution in [3.8, 4) is 11.4 Å². The van der Waals surface area contributed by atoms with Crippen LogP contribution in [0.1, 0.15) is 30.7 Å². The molecule has 6 heteroatoms. The maximum absolute atomic E-state index is 5.56. The summed E-state index contributed by atoms with van der Waals surface area (Å²) < 4.78 is 12.9. The van der Waals surface area contributed by atoms with E-state index in [2.05, 4.69) is 34.3 Å². The fourth-order valence-electron chi connectivity index (χ4n) is 2.85. The standard InChI is InChI=1S/C17H18N4O2/c1-12-9-15(11-22-12)17-19-16(20-23-17)14-5-3-13(4-6-14)10-21-8-2-7-18-21/h2-8,12,15H,9-11H2,1H3. The van der Waals surface area contributed by atoms with Gasteiger partial charge >= 0.3 is 0 Å². The quantitative estimate of drug-likeness (QED) is 0.741. The Hall–Kier alpha value is -2.47. The lowest BCUT2D eigenvalue weighted by Gasteiger charge is -2.02. The molecule has 1 aliphatic heterocycles.